The molecule has 3 N–H and O–H groups in total. The van der Waals surface area contributed by atoms with Crippen LogP contribution >= 0.6 is 0 Å². The van der Waals surface area contributed by atoms with Gasteiger partial charge in [0.15, 0.2) is 0 Å². The lowest BCUT2D eigenvalue weighted by Gasteiger charge is -2.17. The number of aromatic nitrogens is 1. The molecule has 1 heterocycles. The quantitative estimate of drug-likeness (QED) is 0.786. The van der Waals surface area contributed by atoms with Crippen LogP contribution in [0.4, 0.5) is 4.39 Å². The molecule has 20 heavy (non-hydrogen) atoms. The van der Waals surface area contributed by atoms with Gasteiger partial charge in [-0.1, -0.05) is 26.3 Å². The lowest BCUT2D eigenvalue weighted by Crippen LogP contribution is -2.35. The molecule has 0 radical (unpaired) electrons. The first kappa shape index (κ1) is 14.5. The maximum absolute atomic E-state index is 13.5. The topological polar surface area (TPSA) is 65.1 Å². The minimum atomic E-state index is -0.579. The van der Waals surface area contributed by atoms with Crippen LogP contribution in [0.5, 0.6) is 0 Å². The fourth-order valence-electron chi connectivity index (χ4n) is 2.01. The number of hydrogen-bond acceptors (Lipinski definition) is 2. The summed E-state index contributed by atoms with van der Waals surface area (Å²) in [6, 6.07) is 6.13. The molecule has 1 aromatic carbocycles. The third-order valence-corrected chi connectivity index (χ3v) is 3.63. The summed E-state index contributed by atoms with van der Waals surface area (Å²) in [5.74, 6) is -0.587. The largest absolute Gasteiger partial charge is 0.391 e. The predicted molar refractivity (Wildman–Crippen MR) is 76.1 cm³/mol. The highest BCUT2D eigenvalue weighted by molar-refractivity contribution is 5.98. The number of halogens is 1. The van der Waals surface area contributed by atoms with Crippen molar-refractivity contribution in [1.82, 2.24) is 10.3 Å². The van der Waals surface area contributed by atoms with E-state index in [9.17, 15) is 14.3 Å². The maximum Gasteiger partial charge on any atom is 0.267 e. The lowest BCUT2D eigenvalue weighted by molar-refractivity contribution is 0.0846. The zero-order chi connectivity index (χ0) is 14.7. The molecule has 5 heteroatoms. The van der Waals surface area contributed by atoms with E-state index in [0.717, 1.165) is 6.42 Å². The molecule has 0 saturated carbocycles. The number of aromatic amines is 1. The van der Waals surface area contributed by atoms with Crippen LogP contribution in [0.1, 0.15) is 30.8 Å². The molecule has 1 amide bonds. The van der Waals surface area contributed by atoms with Gasteiger partial charge in [0.2, 0.25) is 0 Å². The van der Waals surface area contributed by atoms with Crippen molar-refractivity contribution in [1.29, 1.82) is 0 Å². The number of carbonyl (C=O) groups is 1. The SMILES string of the molecule is CCC(C)C(O)CNC(=O)c1cc2c(F)cccc2[nH]1. The van der Waals surface area contributed by atoms with Crippen LogP contribution in [0.2, 0.25) is 0 Å². The van der Waals surface area contributed by atoms with Gasteiger partial charge in [-0.2, -0.15) is 0 Å². The second-order valence-corrected chi connectivity index (χ2v) is 5.05. The van der Waals surface area contributed by atoms with Crippen molar-refractivity contribution >= 4 is 16.8 Å². The predicted octanol–water partition coefficient (Wildman–Crippen LogP) is 2.44. The Balaban J connectivity index is 2.06. The van der Waals surface area contributed by atoms with Gasteiger partial charge >= 0.3 is 0 Å². The first-order valence-electron chi connectivity index (χ1n) is 6.76. The number of nitrogens with one attached hydrogen (secondary N) is 2. The summed E-state index contributed by atoms with van der Waals surface area (Å²) in [6.45, 7) is 4.09. The van der Waals surface area contributed by atoms with Gasteiger partial charge in [0.05, 0.1) is 6.10 Å². The molecule has 2 aromatic rings. The van der Waals surface area contributed by atoms with Gasteiger partial charge in [0.1, 0.15) is 11.5 Å². The summed E-state index contributed by atoms with van der Waals surface area (Å²) in [5, 5.41) is 12.9. The highest BCUT2D eigenvalue weighted by atomic mass is 19.1. The number of H-pyrrole nitrogens is 1. The molecule has 2 rings (SSSR count). The molecule has 0 spiro atoms. The van der Waals surface area contributed by atoms with E-state index in [1.807, 2.05) is 13.8 Å². The molecule has 1 aromatic heterocycles. The molecule has 0 aliphatic carbocycles. The van der Waals surface area contributed by atoms with E-state index in [4.69, 9.17) is 0 Å². The van der Waals surface area contributed by atoms with Crippen molar-refractivity contribution in [3.05, 3.63) is 35.8 Å². The molecule has 4 nitrogen and oxygen atoms in total. The van der Waals surface area contributed by atoms with E-state index >= 15 is 0 Å². The summed E-state index contributed by atoms with van der Waals surface area (Å²) in [4.78, 5) is 14.8. The van der Waals surface area contributed by atoms with E-state index in [1.165, 1.54) is 12.1 Å². The Labute approximate surface area is 117 Å². The van der Waals surface area contributed by atoms with Gasteiger partial charge in [-0.25, -0.2) is 4.39 Å². The molecular formula is C15H19FN2O2. The average molecular weight is 278 g/mol. The van der Waals surface area contributed by atoms with Gasteiger partial charge in [0, 0.05) is 17.4 Å². The summed E-state index contributed by atoms with van der Waals surface area (Å²) < 4.78 is 13.5. The Morgan fingerprint density at radius 3 is 2.90 bits per heavy atom. The van der Waals surface area contributed by atoms with Gasteiger partial charge < -0.3 is 15.4 Å². The van der Waals surface area contributed by atoms with Crippen molar-refractivity contribution in [3.63, 3.8) is 0 Å². The number of aliphatic hydroxyl groups excluding tert-OH is 1. The Kier molecular flexibility index (Phi) is 4.39. The third kappa shape index (κ3) is 2.99. The van der Waals surface area contributed by atoms with Crippen LogP contribution in [0.25, 0.3) is 10.9 Å². The number of carbonyl (C=O) groups excluding carboxylic acids is 1. The monoisotopic (exact) mass is 278 g/mol. The number of rotatable bonds is 5. The molecule has 0 saturated heterocycles. The van der Waals surface area contributed by atoms with Crippen LogP contribution in [0.15, 0.2) is 24.3 Å². The van der Waals surface area contributed by atoms with Gasteiger partial charge in [-0.05, 0) is 24.1 Å². The maximum atomic E-state index is 13.5. The standard InChI is InChI=1S/C15H19FN2O2/c1-3-9(2)14(19)8-17-15(20)13-7-10-11(16)5-4-6-12(10)18-13/h4-7,9,14,18-19H,3,8H2,1-2H3,(H,17,20). The van der Waals surface area contributed by atoms with Crippen LogP contribution in [0.3, 0.4) is 0 Å². The van der Waals surface area contributed by atoms with E-state index in [1.54, 1.807) is 12.1 Å². The molecule has 0 aliphatic rings. The number of benzene rings is 1. The van der Waals surface area contributed by atoms with Crippen molar-refractivity contribution < 1.29 is 14.3 Å². The third-order valence-electron chi connectivity index (χ3n) is 3.63. The fraction of sp³-hybridized carbons (Fsp3) is 0.400. The molecule has 0 bridgehead atoms. The number of fused-ring (bicyclic) bond motifs is 1. The van der Waals surface area contributed by atoms with Crippen LogP contribution in [0, 0.1) is 11.7 Å². The average Bonchev–Trinajstić information content (AvgIpc) is 2.89. The highest BCUT2D eigenvalue weighted by Gasteiger charge is 2.15. The van der Waals surface area contributed by atoms with Gasteiger partial charge in [-0.3, -0.25) is 4.79 Å². The van der Waals surface area contributed by atoms with Crippen molar-refractivity contribution in [2.45, 2.75) is 26.4 Å². The second-order valence-electron chi connectivity index (χ2n) is 5.05. The molecular weight excluding hydrogens is 259 g/mol. The molecule has 2 atom stereocenters. The van der Waals surface area contributed by atoms with Crippen molar-refractivity contribution in [3.8, 4) is 0 Å². The van der Waals surface area contributed by atoms with E-state index in [0.29, 0.717) is 16.6 Å². The van der Waals surface area contributed by atoms with Crippen LogP contribution < -0.4 is 5.32 Å². The van der Waals surface area contributed by atoms with Crippen molar-refractivity contribution in [2.24, 2.45) is 5.92 Å². The molecule has 0 fully saturated rings. The number of hydrogen-bond donors (Lipinski definition) is 3. The number of amides is 1. The number of aliphatic hydroxyl groups is 1. The van der Waals surface area contributed by atoms with Gasteiger partial charge in [-0.15, -0.1) is 0 Å². The fourth-order valence-corrected chi connectivity index (χ4v) is 2.01. The Bertz CT molecular complexity index is 609. The smallest absolute Gasteiger partial charge is 0.267 e. The first-order chi connectivity index (χ1) is 9.52. The minimum absolute atomic E-state index is 0.121. The Morgan fingerprint density at radius 2 is 2.25 bits per heavy atom. The zero-order valence-electron chi connectivity index (χ0n) is 11.6. The van der Waals surface area contributed by atoms with Gasteiger partial charge in [0.25, 0.3) is 5.91 Å². The van der Waals surface area contributed by atoms with Crippen molar-refractivity contribution in [2.75, 3.05) is 6.54 Å². The van der Waals surface area contributed by atoms with Crippen LogP contribution in [-0.4, -0.2) is 28.6 Å². The highest BCUT2D eigenvalue weighted by Crippen LogP contribution is 2.18. The summed E-state index contributed by atoms with van der Waals surface area (Å²) in [7, 11) is 0. The molecule has 2 unspecified atom stereocenters. The molecule has 0 aliphatic heterocycles. The minimum Gasteiger partial charge on any atom is -0.391 e. The summed E-state index contributed by atoms with van der Waals surface area (Å²) in [5.41, 5.74) is 0.874. The normalized spacial score (nSPS) is 14.2. The van der Waals surface area contributed by atoms with E-state index < -0.39 is 6.10 Å². The molecule has 108 valence electrons. The second kappa shape index (κ2) is 6.05. The van der Waals surface area contributed by atoms with E-state index in [2.05, 4.69) is 10.3 Å². The zero-order valence-corrected chi connectivity index (χ0v) is 11.6. The summed E-state index contributed by atoms with van der Waals surface area (Å²) in [6.07, 6.45) is 0.263. The summed E-state index contributed by atoms with van der Waals surface area (Å²) >= 11 is 0. The Hall–Kier alpha value is -1.88. The lowest BCUT2D eigenvalue weighted by atomic mass is 10.0. The van der Waals surface area contributed by atoms with Crippen LogP contribution in [-0.2, 0) is 0 Å². The first-order valence-corrected chi connectivity index (χ1v) is 6.76. The van der Waals surface area contributed by atoms with E-state index in [-0.39, 0.29) is 24.2 Å². The Morgan fingerprint density at radius 1 is 1.50 bits per heavy atom.